The van der Waals surface area contributed by atoms with E-state index >= 15 is 0 Å². The lowest BCUT2D eigenvalue weighted by Crippen LogP contribution is -2.54. The van der Waals surface area contributed by atoms with E-state index < -0.39 is 5.60 Å². The van der Waals surface area contributed by atoms with Gasteiger partial charge in [-0.3, -0.25) is 9.59 Å². The molecule has 3 fully saturated rings. The minimum Gasteiger partial charge on any atom is -0.367 e. The lowest BCUT2D eigenvalue weighted by atomic mass is 9.66. The van der Waals surface area contributed by atoms with Crippen molar-refractivity contribution in [1.29, 1.82) is 0 Å². The molecule has 72 valence electrons. The topological polar surface area (TPSA) is 43.4 Å². The third-order valence-corrected chi connectivity index (χ3v) is 3.17. The normalized spacial score (nSPS) is 38.4. The van der Waals surface area contributed by atoms with E-state index in [-0.39, 0.29) is 17.5 Å². The Balaban J connectivity index is 2.24. The molecule has 0 amide bonds. The average molecular weight is 182 g/mol. The van der Waals surface area contributed by atoms with Gasteiger partial charge in [0.05, 0.1) is 0 Å². The SMILES string of the molecule is CCO[C@@]12CC[C@@H](CC1=O)C(=O)C2. The molecule has 3 aliphatic carbocycles. The predicted octanol–water partition coefficient (Wildman–Crippen LogP) is 1.10. The fraction of sp³-hybridized carbons (Fsp3) is 0.800. The highest BCUT2D eigenvalue weighted by molar-refractivity contribution is 6.01. The number of rotatable bonds is 2. The summed E-state index contributed by atoms with van der Waals surface area (Å²) in [7, 11) is 0. The Hall–Kier alpha value is -0.700. The first-order valence-electron chi connectivity index (χ1n) is 4.88. The van der Waals surface area contributed by atoms with Gasteiger partial charge in [0, 0.05) is 25.4 Å². The summed E-state index contributed by atoms with van der Waals surface area (Å²) in [5.41, 5.74) is -0.722. The van der Waals surface area contributed by atoms with Crippen LogP contribution in [0.1, 0.15) is 32.6 Å². The van der Waals surface area contributed by atoms with Crippen LogP contribution in [0.15, 0.2) is 0 Å². The van der Waals surface area contributed by atoms with Crippen molar-refractivity contribution in [3.63, 3.8) is 0 Å². The number of hydrogen-bond acceptors (Lipinski definition) is 3. The lowest BCUT2D eigenvalue weighted by Gasteiger charge is -2.43. The second-order valence-electron chi connectivity index (χ2n) is 3.93. The fourth-order valence-corrected chi connectivity index (χ4v) is 2.43. The van der Waals surface area contributed by atoms with Gasteiger partial charge in [0.2, 0.25) is 0 Å². The average Bonchev–Trinajstić information content (AvgIpc) is 2.08. The third kappa shape index (κ3) is 1.22. The standard InChI is InChI=1S/C10H14O3/c1-2-13-10-4-3-7(5-9(10)12)8(11)6-10/h7H,2-6H2,1H3/t7-,10+/m0/s1. The summed E-state index contributed by atoms with van der Waals surface area (Å²) in [5, 5.41) is 0. The number of ether oxygens (including phenoxy) is 1. The number of fused-ring (bicyclic) bond motifs is 3. The summed E-state index contributed by atoms with van der Waals surface area (Å²) >= 11 is 0. The highest BCUT2D eigenvalue weighted by atomic mass is 16.5. The van der Waals surface area contributed by atoms with E-state index in [1.54, 1.807) is 0 Å². The second kappa shape index (κ2) is 2.91. The van der Waals surface area contributed by atoms with E-state index in [0.29, 0.717) is 19.4 Å². The molecule has 0 aliphatic heterocycles. The number of carbonyl (C=O) groups excluding carboxylic acids is 2. The van der Waals surface area contributed by atoms with Crippen molar-refractivity contribution in [2.24, 2.45) is 5.92 Å². The van der Waals surface area contributed by atoms with Gasteiger partial charge in [-0.15, -0.1) is 0 Å². The van der Waals surface area contributed by atoms with Crippen LogP contribution in [0.5, 0.6) is 0 Å². The van der Waals surface area contributed by atoms with Crippen LogP contribution in [0.25, 0.3) is 0 Å². The Bertz CT molecular complexity index is 255. The number of ketones is 2. The van der Waals surface area contributed by atoms with Crippen LogP contribution in [0.3, 0.4) is 0 Å². The largest absolute Gasteiger partial charge is 0.367 e. The maximum atomic E-state index is 11.6. The monoisotopic (exact) mass is 182 g/mol. The first-order valence-corrected chi connectivity index (χ1v) is 4.88. The number of hydrogen-bond donors (Lipinski definition) is 0. The van der Waals surface area contributed by atoms with Gasteiger partial charge in [0.25, 0.3) is 0 Å². The summed E-state index contributed by atoms with van der Waals surface area (Å²) < 4.78 is 5.47. The molecular formula is C10H14O3. The first-order chi connectivity index (χ1) is 6.18. The van der Waals surface area contributed by atoms with Crippen molar-refractivity contribution < 1.29 is 14.3 Å². The molecule has 2 bridgehead atoms. The van der Waals surface area contributed by atoms with E-state index in [0.717, 1.165) is 12.8 Å². The molecule has 0 N–H and O–H groups in total. The summed E-state index contributed by atoms with van der Waals surface area (Å²) in [6.45, 7) is 2.39. The molecule has 3 nitrogen and oxygen atoms in total. The van der Waals surface area contributed by atoms with E-state index in [9.17, 15) is 9.59 Å². The molecule has 0 spiro atoms. The third-order valence-electron chi connectivity index (χ3n) is 3.17. The zero-order valence-electron chi connectivity index (χ0n) is 7.84. The Morgan fingerprint density at radius 2 is 2.31 bits per heavy atom. The summed E-state index contributed by atoms with van der Waals surface area (Å²) in [5.74, 6) is 0.374. The van der Waals surface area contributed by atoms with Crippen LogP contribution in [-0.2, 0) is 14.3 Å². The molecule has 0 aromatic carbocycles. The molecule has 0 saturated heterocycles. The minimum absolute atomic E-state index is 0.00910. The smallest absolute Gasteiger partial charge is 0.165 e. The van der Waals surface area contributed by atoms with Crippen molar-refractivity contribution in [3.8, 4) is 0 Å². The molecule has 3 saturated carbocycles. The van der Waals surface area contributed by atoms with Gasteiger partial charge in [-0.2, -0.15) is 0 Å². The molecule has 0 aromatic heterocycles. The van der Waals surface area contributed by atoms with E-state index in [4.69, 9.17) is 4.74 Å². The summed E-state index contributed by atoms with van der Waals surface area (Å²) in [6, 6.07) is 0. The van der Waals surface area contributed by atoms with Gasteiger partial charge in [0.15, 0.2) is 5.78 Å². The molecule has 13 heavy (non-hydrogen) atoms. The Morgan fingerprint density at radius 3 is 2.85 bits per heavy atom. The zero-order valence-corrected chi connectivity index (χ0v) is 7.84. The van der Waals surface area contributed by atoms with Crippen LogP contribution in [0.4, 0.5) is 0 Å². The molecule has 0 unspecified atom stereocenters. The Kier molecular flexibility index (Phi) is 1.99. The maximum absolute atomic E-state index is 11.6. The van der Waals surface area contributed by atoms with Crippen LogP contribution in [0.2, 0.25) is 0 Å². The fourth-order valence-electron chi connectivity index (χ4n) is 2.43. The van der Waals surface area contributed by atoms with Crippen molar-refractivity contribution >= 4 is 11.6 Å². The second-order valence-corrected chi connectivity index (χ2v) is 3.93. The Morgan fingerprint density at radius 1 is 1.54 bits per heavy atom. The Labute approximate surface area is 77.4 Å². The van der Waals surface area contributed by atoms with Gasteiger partial charge in [-0.1, -0.05) is 0 Å². The van der Waals surface area contributed by atoms with Gasteiger partial charge in [-0.25, -0.2) is 0 Å². The van der Waals surface area contributed by atoms with Crippen LogP contribution < -0.4 is 0 Å². The highest BCUT2D eigenvalue weighted by Crippen LogP contribution is 2.42. The molecule has 0 heterocycles. The van der Waals surface area contributed by atoms with Crippen LogP contribution in [-0.4, -0.2) is 23.8 Å². The maximum Gasteiger partial charge on any atom is 0.165 e. The van der Waals surface area contributed by atoms with Gasteiger partial charge in [0.1, 0.15) is 11.4 Å². The molecular weight excluding hydrogens is 168 g/mol. The van der Waals surface area contributed by atoms with Crippen molar-refractivity contribution in [3.05, 3.63) is 0 Å². The van der Waals surface area contributed by atoms with Crippen molar-refractivity contribution in [2.75, 3.05) is 6.61 Å². The molecule has 2 atom stereocenters. The summed E-state index contributed by atoms with van der Waals surface area (Å²) in [6.07, 6.45) is 2.32. The van der Waals surface area contributed by atoms with Crippen molar-refractivity contribution in [1.82, 2.24) is 0 Å². The lowest BCUT2D eigenvalue weighted by molar-refractivity contribution is -0.167. The van der Waals surface area contributed by atoms with Crippen LogP contribution in [0, 0.1) is 5.92 Å². The van der Waals surface area contributed by atoms with Gasteiger partial charge in [-0.05, 0) is 19.8 Å². The minimum atomic E-state index is -0.722. The van der Waals surface area contributed by atoms with Crippen molar-refractivity contribution in [2.45, 2.75) is 38.2 Å². The predicted molar refractivity (Wildman–Crippen MR) is 46.3 cm³/mol. The molecule has 3 heteroatoms. The van der Waals surface area contributed by atoms with E-state index in [2.05, 4.69) is 0 Å². The summed E-state index contributed by atoms with van der Waals surface area (Å²) in [4.78, 5) is 23.1. The molecule has 0 aromatic rings. The quantitative estimate of drug-likeness (QED) is 0.642. The number of Topliss-reactive ketones (excluding diaryl/α,β-unsaturated/α-hetero) is 2. The van der Waals surface area contributed by atoms with Gasteiger partial charge < -0.3 is 4.74 Å². The van der Waals surface area contributed by atoms with Gasteiger partial charge >= 0.3 is 0 Å². The molecule has 3 aliphatic rings. The molecule has 3 rings (SSSR count). The first kappa shape index (κ1) is 8.88. The van der Waals surface area contributed by atoms with E-state index in [1.165, 1.54) is 0 Å². The van der Waals surface area contributed by atoms with Crippen LogP contribution >= 0.6 is 0 Å². The van der Waals surface area contributed by atoms with E-state index in [1.807, 2.05) is 6.92 Å². The highest BCUT2D eigenvalue weighted by Gasteiger charge is 2.51. The molecule has 0 radical (unpaired) electrons. The zero-order chi connectivity index (χ0) is 9.47. The number of carbonyl (C=O) groups is 2.